The van der Waals surface area contributed by atoms with E-state index in [9.17, 15) is 0 Å². The Morgan fingerprint density at radius 2 is 2.04 bits per heavy atom. The van der Waals surface area contributed by atoms with Crippen molar-refractivity contribution in [1.82, 2.24) is 0 Å². The Bertz CT molecular complexity index is 754. The zero-order chi connectivity index (χ0) is 17.1. The van der Waals surface area contributed by atoms with Crippen molar-refractivity contribution in [2.45, 2.75) is 32.7 Å². The van der Waals surface area contributed by atoms with Gasteiger partial charge in [-0.15, -0.1) is 0 Å². The van der Waals surface area contributed by atoms with Crippen molar-refractivity contribution in [2.24, 2.45) is 10.8 Å². The molecule has 1 heterocycles. The third-order valence-electron chi connectivity index (χ3n) is 4.50. The van der Waals surface area contributed by atoms with Crippen LogP contribution in [-0.4, -0.2) is 19.4 Å². The Morgan fingerprint density at radius 3 is 2.79 bits per heavy atom. The Balaban J connectivity index is 2.02. The molecule has 1 unspecified atom stereocenters. The first-order valence-electron chi connectivity index (χ1n) is 8.39. The molecule has 1 atom stereocenters. The highest BCUT2D eigenvalue weighted by atomic mass is 16.5. The van der Waals surface area contributed by atoms with Gasteiger partial charge in [0.1, 0.15) is 5.75 Å². The number of hydrogen-bond acceptors (Lipinski definition) is 4. The summed E-state index contributed by atoms with van der Waals surface area (Å²) in [6.07, 6.45) is 1.74. The van der Waals surface area contributed by atoms with E-state index >= 15 is 0 Å². The minimum atomic E-state index is 0.183. The monoisotopic (exact) mass is 323 g/mol. The normalized spacial score (nSPS) is 17.1. The number of rotatable bonds is 5. The second-order valence-corrected chi connectivity index (χ2v) is 6.34. The van der Waals surface area contributed by atoms with E-state index in [0.29, 0.717) is 6.54 Å². The average Bonchev–Trinajstić information content (AvgIpc) is 3.01. The van der Waals surface area contributed by atoms with Crippen molar-refractivity contribution >= 4 is 11.4 Å². The molecule has 0 amide bonds. The molecule has 2 aromatic rings. The van der Waals surface area contributed by atoms with E-state index in [0.717, 1.165) is 30.0 Å². The predicted octanol–water partition coefficient (Wildman–Crippen LogP) is 3.97. The van der Waals surface area contributed by atoms with Gasteiger partial charge in [-0.25, -0.2) is 0 Å². The summed E-state index contributed by atoms with van der Waals surface area (Å²) >= 11 is 0. The minimum Gasteiger partial charge on any atom is -0.497 e. The summed E-state index contributed by atoms with van der Waals surface area (Å²) in [5.41, 5.74) is 11.8. The number of ether oxygens (including phenoxy) is 1. The number of nitrogens with zero attached hydrogens (tertiary/aromatic N) is 2. The first kappa shape index (κ1) is 16.5. The number of nitrogens with two attached hydrogens (primary N) is 1. The molecule has 24 heavy (non-hydrogen) atoms. The van der Waals surface area contributed by atoms with E-state index in [1.165, 1.54) is 16.7 Å². The maximum Gasteiger partial charge on any atom is 0.119 e. The van der Waals surface area contributed by atoms with Gasteiger partial charge < -0.3 is 10.5 Å². The van der Waals surface area contributed by atoms with Gasteiger partial charge in [0.2, 0.25) is 0 Å². The minimum absolute atomic E-state index is 0.183. The molecule has 0 aliphatic carbocycles. The lowest BCUT2D eigenvalue weighted by atomic mass is 9.99. The molecule has 4 nitrogen and oxygen atoms in total. The molecule has 1 aliphatic heterocycles. The first-order chi connectivity index (χ1) is 11.6. The summed E-state index contributed by atoms with van der Waals surface area (Å²) in [7, 11) is 1.70. The lowest BCUT2D eigenvalue weighted by Gasteiger charge is -2.26. The topological polar surface area (TPSA) is 50.9 Å². The van der Waals surface area contributed by atoms with Crippen molar-refractivity contribution in [1.29, 1.82) is 0 Å². The van der Waals surface area contributed by atoms with Gasteiger partial charge in [0.05, 0.1) is 18.8 Å². The summed E-state index contributed by atoms with van der Waals surface area (Å²) in [5.74, 6) is 0.876. The van der Waals surface area contributed by atoms with Gasteiger partial charge in [0.25, 0.3) is 0 Å². The molecule has 126 valence electrons. The van der Waals surface area contributed by atoms with E-state index in [1.807, 2.05) is 12.1 Å². The standard InChI is InChI=1S/C20H25N3O/c1-14-7-8-15(2)19(11-14)23-20(13-17(22-23)9-10-21)16-5-4-6-18(12-16)24-3/h4-8,11-12,20H,9-10,13,21H2,1-3H3. The highest BCUT2D eigenvalue weighted by Crippen LogP contribution is 2.38. The second kappa shape index (κ2) is 7.05. The fourth-order valence-corrected chi connectivity index (χ4v) is 3.19. The van der Waals surface area contributed by atoms with Crippen LogP contribution >= 0.6 is 0 Å². The maximum absolute atomic E-state index is 5.76. The molecular formula is C20H25N3O. The van der Waals surface area contributed by atoms with Crippen LogP contribution in [0.3, 0.4) is 0 Å². The van der Waals surface area contributed by atoms with Gasteiger partial charge in [0.15, 0.2) is 0 Å². The Labute approximate surface area is 143 Å². The molecule has 0 spiro atoms. The highest BCUT2D eigenvalue weighted by Gasteiger charge is 2.29. The van der Waals surface area contributed by atoms with Crippen molar-refractivity contribution in [3.05, 3.63) is 59.2 Å². The summed E-state index contributed by atoms with van der Waals surface area (Å²) in [6, 6.07) is 14.9. The molecule has 0 saturated heterocycles. The Kier molecular flexibility index (Phi) is 4.86. The second-order valence-electron chi connectivity index (χ2n) is 6.34. The van der Waals surface area contributed by atoms with E-state index in [1.54, 1.807) is 7.11 Å². The van der Waals surface area contributed by atoms with Crippen LogP contribution in [0.1, 0.15) is 35.6 Å². The molecule has 2 N–H and O–H groups in total. The summed E-state index contributed by atoms with van der Waals surface area (Å²) in [5, 5.41) is 7.05. The van der Waals surface area contributed by atoms with Crippen LogP contribution in [0.2, 0.25) is 0 Å². The van der Waals surface area contributed by atoms with Gasteiger partial charge in [-0.05, 0) is 61.7 Å². The molecule has 0 fully saturated rings. The first-order valence-corrected chi connectivity index (χ1v) is 8.39. The molecule has 1 aliphatic rings. The summed E-state index contributed by atoms with van der Waals surface area (Å²) in [4.78, 5) is 0. The Hall–Kier alpha value is -2.33. The van der Waals surface area contributed by atoms with Crippen LogP contribution in [-0.2, 0) is 0 Å². The molecule has 2 aromatic carbocycles. The Morgan fingerprint density at radius 1 is 1.21 bits per heavy atom. The number of benzene rings is 2. The van der Waals surface area contributed by atoms with Gasteiger partial charge in [-0.2, -0.15) is 5.10 Å². The van der Waals surface area contributed by atoms with Gasteiger partial charge in [-0.1, -0.05) is 24.3 Å². The number of hydrogen-bond donors (Lipinski definition) is 1. The van der Waals surface area contributed by atoms with E-state index < -0.39 is 0 Å². The molecule has 0 bridgehead atoms. The third-order valence-corrected chi connectivity index (χ3v) is 4.50. The summed E-state index contributed by atoms with van der Waals surface area (Å²) in [6.45, 7) is 4.88. The molecule has 0 saturated carbocycles. The zero-order valence-corrected chi connectivity index (χ0v) is 14.6. The largest absolute Gasteiger partial charge is 0.497 e. The smallest absolute Gasteiger partial charge is 0.119 e. The van der Waals surface area contributed by atoms with Gasteiger partial charge >= 0.3 is 0 Å². The molecule has 3 rings (SSSR count). The fraction of sp³-hybridized carbons (Fsp3) is 0.350. The average molecular weight is 323 g/mol. The molecule has 0 aromatic heterocycles. The van der Waals surface area contributed by atoms with Gasteiger partial charge in [-0.3, -0.25) is 5.01 Å². The molecular weight excluding hydrogens is 298 g/mol. The predicted molar refractivity (Wildman–Crippen MR) is 99.9 cm³/mol. The quantitative estimate of drug-likeness (QED) is 0.906. The zero-order valence-electron chi connectivity index (χ0n) is 14.6. The number of anilines is 1. The van der Waals surface area contributed by atoms with Crippen molar-refractivity contribution < 1.29 is 4.74 Å². The lowest BCUT2D eigenvalue weighted by Crippen LogP contribution is -2.19. The van der Waals surface area contributed by atoms with Crippen LogP contribution in [0.4, 0.5) is 5.69 Å². The number of methoxy groups -OCH3 is 1. The molecule has 0 radical (unpaired) electrons. The lowest BCUT2D eigenvalue weighted by molar-refractivity contribution is 0.414. The maximum atomic E-state index is 5.76. The number of hydrazone groups is 1. The number of aryl methyl sites for hydroxylation is 2. The fourth-order valence-electron chi connectivity index (χ4n) is 3.19. The SMILES string of the molecule is COc1cccc(C2CC(CCN)=NN2c2cc(C)ccc2C)c1. The van der Waals surface area contributed by atoms with Crippen molar-refractivity contribution in [3.63, 3.8) is 0 Å². The van der Waals surface area contributed by atoms with Crippen molar-refractivity contribution in [3.8, 4) is 5.75 Å². The van der Waals surface area contributed by atoms with E-state index in [-0.39, 0.29) is 6.04 Å². The third kappa shape index (κ3) is 3.29. The van der Waals surface area contributed by atoms with Gasteiger partial charge in [0, 0.05) is 12.1 Å². The van der Waals surface area contributed by atoms with Crippen molar-refractivity contribution in [2.75, 3.05) is 18.7 Å². The van der Waals surface area contributed by atoms with E-state index in [2.05, 4.69) is 49.2 Å². The van der Waals surface area contributed by atoms with Crippen LogP contribution < -0.4 is 15.5 Å². The van der Waals surface area contributed by atoms with Crippen LogP contribution in [0.15, 0.2) is 47.6 Å². The van der Waals surface area contributed by atoms with Crippen LogP contribution in [0.25, 0.3) is 0 Å². The highest BCUT2D eigenvalue weighted by molar-refractivity contribution is 5.89. The molecule has 4 heteroatoms. The van der Waals surface area contributed by atoms with Crippen LogP contribution in [0.5, 0.6) is 5.75 Å². The van der Waals surface area contributed by atoms with E-state index in [4.69, 9.17) is 15.6 Å². The summed E-state index contributed by atoms with van der Waals surface area (Å²) < 4.78 is 5.40. The van der Waals surface area contributed by atoms with Crippen LogP contribution in [0, 0.1) is 13.8 Å².